The Bertz CT molecular complexity index is 1150. The molecular formula is C24H25N3O6. The Morgan fingerprint density at radius 2 is 1.76 bits per heavy atom. The van der Waals surface area contributed by atoms with Crippen molar-refractivity contribution in [3.8, 4) is 17.1 Å². The van der Waals surface area contributed by atoms with Crippen molar-refractivity contribution in [2.45, 2.75) is 19.3 Å². The number of amides is 2. The summed E-state index contributed by atoms with van der Waals surface area (Å²) in [4.78, 5) is 34.4. The van der Waals surface area contributed by atoms with Gasteiger partial charge in [-0.1, -0.05) is 23.4 Å². The second kappa shape index (κ2) is 10.4. The molecule has 1 aromatic heterocycles. The van der Waals surface area contributed by atoms with Crippen LogP contribution in [0, 0.1) is 0 Å². The lowest BCUT2D eigenvalue weighted by molar-refractivity contribution is -0.139. The first-order valence-electron chi connectivity index (χ1n) is 10.3. The number of nitrogens with zero attached hydrogens (tertiary/aromatic N) is 2. The number of carbonyl (C=O) groups excluding carboxylic acids is 2. The van der Waals surface area contributed by atoms with Gasteiger partial charge in [0.05, 0.1) is 0 Å². The molecule has 0 fully saturated rings. The Morgan fingerprint density at radius 1 is 1.06 bits per heavy atom. The van der Waals surface area contributed by atoms with Gasteiger partial charge in [0.2, 0.25) is 0 Å². The summed E-state index contributed by atoms with van der Waals surface area (Å²) in [6.07, 6.45) is 3.41. The maximum Gasteiger partial charge on any atom is 0.341 e. The van der Waals surface area contributed by atoms with E-state index in [0.29, 0.717) is 17.1 Å². The maximum absolute atomic E-state index is 11.7. The summed E-state index contributed by atoms with van der Waals surface area (Å²) in [5, 5.41) is 12.0. The van der Waals surface area contributed by atoms with Crippen molar-refractivity contribution in [3.05, 3.63) is 70.9 Å². The van der Waals surface area contributed by atoms with Gasteiger partial charge < -0.3 is 25.0 Å². The maximum atomic E-state index is 11.7. The zero-order valence-corrected chi connectivity index (χ0v) is 18.4. The molecule has 3 N–H and O–H groups in total. The van der Waals surface area contributed by atoms with E-state index in [4.69, 9.17) is 20.1 Å². The number of benzene rings is 2. The first-order chi connectivity index (χ1) is 15.7. The lowest BCUT2D eigenvalue weighted by atomic mass is 10.1. The van der Waals surface area contributed by atoms with E-state index < -0.39 is 11.9 Å². The van der Waals surface area contributed by atoms with E-state index in [9.17, 15) is 14.4 Å². The van der Waals surface area contributed by atoms with Gasteiger partial charge in [-0.3, -0.25) is 9.59 Å². The molecule has 0 unspecified atom stereocenters. The molecule has 0 radical (unpaired) electrons. The van der Waals surface area contributed by atoms with Gasteiger partial charge in [-0.15, -0.1) is 0 Å². The van der Waals surface area contributed by atoms with Crippen LogP contribution < -0.4 is 10.5 Å². The minimum atomic E-state index is -0.939. The van der Waals surface area contributed by atoms with Crippen molar-refractivity contribution in [1.82, 2.24) is 10.1 Å². The molecule has 0 atom stereocenters. The number of primary amides is 1. The normalized spacial score (nSPS) is 11.7. The number of nitrogens with two attached hydrogens (primary N) is 1. The molecule has 0 saturated carbocycles. The van der Waals surface area contributed by atoms with E-state index in [2.05, 4.69) is 5.16 Å². The van der Waals surface area contributed by atoms with Crippen LogP contribution in [0.1, 0.15) is 38.4 Å². The Morgan fingerprint density at radius 3 is 2.36 bits per heavy atom. The van der Waals surface area contributed by atoms with Gasteiger partial charge in [-0.2, -0.15) is 0 Å². The molecule has 9 nitrogen and oxygen atoms in total. The van der Waals surface area contributed by atoms with Crippen molar-refractivity contribution in [2.75, 3.05) is 20.7 Å². The molecule has 1 heterocycles. The monoisotopic (exact) mass is 451 g/mol. The Kier molecular flexibility index (Phi) is 7.45. The van der Waals surface area contributed by atoms with Crippen LogP contribution in [0.2, 0.25) is 0 Å². The molecule has 0 saturated heterocycles. The van der Waals surface area contributed by atoms with E-state index in [1.54, 1.807) is 38.4 Å². The minimum Gasteiger partial charge on any atom is -0.482 e. The van der Waals surface area contributed by atoms with Crippen LogP contribution in [0.4, 0.5) is 0 Å². The van der Waals surface area contributed by atoms with Crippen LogP contribution in [-0.4, -0.2) is 53.6 Å². The van der Waals surface area contributed by atoms with Crippen LogP contribution in [0.25, 0.3) is 11.3 Å². The summed E-state index contributed by atoms with van der Waals surface area (Å²) in [6, 6.07) is 14.1. The predicted molar refractivity (Wildman–Crippen MR) is 120 cm³/mol. The fourth-order valence-electron chi connectivity index (χ4n) is 3.35. The molecule has 0 spiro atoms. The van der Waals surface area contributed by atoms with Crippen molar-refractivity contribution >= 4 is 17.8 Å². The van der Waals surface area contributed by atoms with Crippen LogP contribution in [0.15, 0.2) is 53.1 Å². The van der Waals surface area contributed by atoms with Crippen molar-refractivity contribution in [1.29, 1.82) is 0 Å². The molecule has 3 aromatic rings. The number of carboxylic acid groups (broad SMARTS) is 1. The second-order valence-electron chi connectivity index (χ2n) is 7.68. The first kappa shape index (κ1) is 23.5. The summed E-state index contributed by atoms with van der Waals surface area (Å²) in [5.41, 5.74) is 9.12. The number of ether oxygens (including phenoxy) is 1. The summed E-state index contributed by atoms with van der Waals surface area (Å²) in [7, 11) is 3.37. The molecule has 2 aromatic carbocycles. The van der Waals surface area contributed by atoms with Crippen LogP contribution >= 0.6 is 0 Å². The van der Waals surface area contributed by atoms with E-state index in [1.165, 1.54) is 28.5 Å². The lowest BCUT2D eigenvalue weighted by Crippen LogP contribution is -2.21. The number of fused-ring (bicyclic) bond motifs is 1. The quantitative estimate of drug-likeness (QED) is 0.588. The molecule has 172 valence electrons. The number of aromatic nitrogens is 1. The molecule has 0 aliphatic heterocycles. The van der Waals surface area contributed by atoms with E-state index in [1.807, 2.05) is 18.2 Å². The number of carbonyl (C=O) groups is 3. The lowest BCUT2D eigenvalue weighted by Gasteiger charge is -2.09. The highest BCUT2D eigenvalue weighted by Crippen LogP contribution is 2.26. The molecule has 4 rings (SSSR count). The molecule has 1 aliphatic rings. The van der Waals surface area contributed by atoms with Gasteiger partial charge in [0, 0.05) is 31.3 Å². The highest BCUT2D eigenvalue weighted by molar-refractivity contribution is 5.94. The van der Waals surface area contributed by atoms with Gasteiger partial charge >= 0.3 is 5.97 Å². The Hall–Kier alpha value is -4.14. The summed E-state index contributed by atoms with van der Waals surface area (Å²) >= 11 is 0. The third-order valence-electron chi connectivity index (χ3n) is 5.02. The number of hydrogen-bond donors (Lipinski definition) is 2. The SMILES string of the molecule is CN(C)C(=O)c1ccc(-c2cc(C(N)=O)no2)cc1.O=C(O)COc1ccc2c(c1)CCC2. The fourth-order valence-corrected chi connectivity index (χ4v) is 3.35. The van der Waals surface area contributed by atoms with E-state index in [-0.39, 0.29) is 18.2 Å². The second-order valence-corrected chi connectivity index (χ2v) is 7.68. The zero-order valence-electron chi connectivity index (χ0n) is 18.4. The molecule has 33 heavy (non-hydrogen) atoms. The molecular weight excluding hydrogens is 426 g/mol. The minimum absolute atomic E-state index is 0.0726. The number of aliphatic carboxylic acids is 1. The van der Waals surface area contributed by atoms with E-state index in [0.717, 1.165) is 18.4 Å². The number of hydrogen-bond acceptors (Lipinski definition) is 6. The summed E-state index contributed by atoms with van der Waals surface area (Å²) < 4.78 is 10.1. The fraction of sp³-hybridized carbons (Fsp3) is 0.250. The average Bonchev–Trinajstić information content (AvgIpc) is 3.47. The predicted octanol–water partition coefficient (Wildman–Crippen LogP) is 2.78. The summed E-state index contributed by atoms with van der Waals surface area (Å²) in [5.74, 6) is -0.576. The van der Waals surface area contributed by atoms with Crippen LogP contribution in [0.3, 0.4) is 0 Å². The van der Waals surface area contributed by atoms with E-state index >= 15 is 0 Å². The molecule has 1 aliphatic carbocycles. The topological polar surface area (TPSA) is 136 Å². The van der Waals surface area contributed by atoms with Gasteiger partial charge in [0.1, 0.15) is 5.75 Å². The third-order valence-corrected chi connectivity index (χ3v) is 5.02. The smallest absolute Gasteiger partial charge is 0.341 e. The van der Waals surface area contributed by atoms with Crippen LogP contribution in [-0.2, 0) is 17.6 Å². The average molecular weight is 451 g/mol. The Labute approximate surface area is 190 Å². The largest absolute Gasteiger partial charge is 0.482 e. The zero-order chi connectivity index (χ0) is 24.0. The first-order valence-corrected chi connectivity index (χ1v) is 10.3. The number of aryl methyl sites for hydroxylation is 2. The van der Waals surface area contributed by atoms with Gasteiger partial charge in [0.15, 0.2) is 18.1 Å². The van der Waals surface area contributed by atoms with Crippen molar-refractivity contribution < 1.29 is 28.8 Å². The van der Waals surface area contributed by atoms with Gasteiger partial charge in [-0.25, -0.2) is 4.79 Å². The third kappa shape index (κ3) is 6.19. The number of rotatable bonds is 6. The molecule has 2 amide bonds. The van der Waals surface area contributed by atoms with Crippen LogP contribution in [0.5, 0.6) is 5.75 Å². The summed E-state index contributed by atoms with van der Waals surface area (Å²) in [6.45, 7) is -0.265. The van der Waals surface area contributed by atoms with Crippen molar-refractivity contribution in [3.63, 3.8) is 0 Å². The van der Waals surface area contributed by atoms with Gasteiger partial charge in [0.25, 0.3) is 11.8 Å². The highest BCUT2D eigenvalue weighted by atomic mass is 16.5. The Balaban J connectivity index is 0.000000194. The number of carboxylic acids is 1. The standard InChI is InChI=1S/C13H13N3O3.C11H12O3/c1-16(2)13(18)9-5-3-8(4-6-9)11-7-10(12(14)17)15-19-11;12-11(13)7-14-10-5-4-8-2-1-3-9(8)6-10/h3-7H,1-2H3,(H2,14,17);4-6H,1-3,7H2,(H,12,13). The molecule has 0 bridgehead atoms. The highest BCUT2D eigenvalue weighted by Gasteiger charge is 2.13. The van der Waals surface area contributed by atoms with Crippen molar-refractivity contribution in [2.24, 2.45) is 5.73 Å². The molecule has 9 heteroatoms. The van der Waals surface area contributed by atoms with Gasteiger partial charge in [-0.05, 0) is 54.7 Å².